The number of H-pyrrole nitrogens is 1. The number of likely N-dealkylation sites (tertiary alicyclic amines) is 1. The van der Waals surface area contributed by atoms with Crippen molar-refractivity contribution < 1.29 is 15.0 Å². The number of aromatic nitrogens is 1. The van der Waals surface area contributed by atoms with Gasteiger partial charge in [0.25, 0.3) is 5.91 Å². The quantitative estimate of drug-likeness (QED) is 0.744. The first-order valence-electron chi connectivity index (χ1n) is 7.84. The molecular formula is C17H20N2O3. The minimum Gasteiger partial charge on any atom is -0.390 e. The molecule has 4 rings (SSSR count). The van der Waals surface area contributed by atoms with Gasteiger partial charge in [-0.2, -0.15) is 0 Å². The van der Waals surface area contributed by atoms with Gasteiger partial charge >= 0.3 is 0 Å². The molecule has 0 bridgehead atoms. The molecule has 1 saturated carbocycles. The maximum atomic E-state index is 12.7. The summed E-state index contributed by atoms with van der Waals surface area (Å²) in [6, 6.07) is 7.69. The molecule has 0 radical (unpaired) electrons. The number of aliphatic hydroxyl groups is 2. The van der Waals surface area contributed by atoms with Gasteiger partial charge in [0.2, 0.25) is 0 Å². The number of hydrogen-bond donors (Lipinski definition) is 3. The minimum absolute atomic E-state index is 0.0369. The number of benzene rings is 1. The summed E-state index contributed by atoms with van der Waals surface area (Å²) in [4.78, 5) is 17.7. The molecule has 1 aromatic heterocycles. The van der Waals surface area contributed by atoms with Gasteiger partial charge in [-0.1, -0.05) is 6.07 Å². The summed E-state index contributed by atoms with van der Waals surface area (Å²) < 4.78 is 0. The number of rotatable bonds is 1. The van der Waals surface area contributed by atoms with E-state index in [2.05, 4.69) is 4.98 Å². The number of aromatic amines is 1. The average molecular weight is 300 g/mol. The van der Waals surface area contributed by atoms with E-state index < -0.39 is 12.2 Å². The summed E-state index contributed by atoms with van der Waals surface area (Å²) in [5.41, 5.74) is 1.66. The number of nitrogens with zero attached hydrogens (tertiary/aromatic N) is 1. The highest BCUT2D eigenvalue weighted by Crippen LogP contribution is 2.37. The van der Waals surface area contributed by atoms with Gasteiger partial charge in [-0.15, -0.1) is 0 Å². The monoisotopic (exact) mass is 300 g/mol. The molecule has 2 heterocycles. The third kappa shape index (κ3) is 2.21. The van der Waals surface area contributed by atoms with Crippen molar-refractivity contribution in [3.63, 3.8) is 0 Å². The summed E-state index contributed by atoms with van der Waals surface area (Å²) in [6.45, 7) is 1.35. The molecule has 5 heteroatoms. The standard InChI is InChI=1S/C17H20N2O3/c20-15-6-12-8-19(9-13(12)7-16(15)21)17(22)11-2-1-10-3-4-18-14(10)5-11/h1-5,12-13,15-16,18,20-21H,6-9H2/t12-,13+,15-,16-/m0/s1. The van der Waals surface area contributed by atoms with E-state index in [1.165, 1.54) is 0 Å². The van der Waals surface area contributed by atoms with E-state index in [4.69, 9.17) is 0 Å². The molecule has 0 unspecified atom stereocenters. The van der Waals surface area contributed by atoms with Crippen LogP contribution in [-0.4, -0.2) is 51.3 Å². The zero-order valence-corrected chi connectivity index (χ0v) is 12.3. The van der Waals surface area contributed by atoms with Crippen molar-refractivity contribution in [2.75, 3.05) is 13.1 Å². The lowest BCUT2D eigenvalue weighted by molar-refractivity contribution is -0.0372. The van der Waals surface area contributed by atoms with Gasteiger partial charge in [0.15, 0.2) is 0 Å². The second kappa shape index (κ2) is 5.11. The van der Waals surface area contributed by atoms with Crippen LogP contribution in [-0.2, 0) is 0 Å². The maximum absolute atomic E-state index is 12.7. The molecule has 1 aromatic carbocycles. The van der Waals surface area contributed by atoms with Gasteiger partial charge in [-0.3, -0.25) is 4.79 Å². The lowest BCUT2D eigenvalue weighted by Gasteiger charge is -2.31. The van der Waals surface area contributed by atoms with E-state index in [1.54, 1.807) is 0 Å². The van der Waals surface area contributed by atoms with E-state index in [1.807, 2.05) is 35.4 Å². The molecular weight excluding hydrogens is 280 g/mol. The molecule has 1 aliphatic carbocycles. The van der Waals surface area contributed by atoms with Gasteiger partial charge in [-0.05, 0) is 48.3 Å². The van der Waals surface area contributed by atoms with Crippen molar-refractivity contribution in [1.82, 2.24) is 9.88 Å². The zero-order chi connectivity index (χ0) is 15.3. The average Bonchev–Trinajstić information content (AvgIpc) is 3.12. The van der Waals surface area contributed by atoms with Crippen molar-refractivity contribution in [3.8, 4) is 0 Å². The SMILES string of the molecule is O=C(c1ccc2cc[nH]c2c1)N1C[C@H]2C[C@H](O)[C@@H](O)C[C@H]2C1. The Morgan fingerprint density at radius 2 is 1.77 bits per heavy atom. The van der Waals surface area contributed by atoms with Crippen LogP contribution in [0.4, 0.5) is 0 Å². The molecule has 5 nitrogen and oxygen atoms in total. The Morgan fingerprint density at radius 1 is 1.09 bits per heavy atom. The zero-order valence-electron chi connectivity index (χ0n) is 12.3. The van der Waals surface area contributed by atoms with Crippen molar-refractivity contribution in [2.24, 2.45) is 11.8 Å². The van der Waals surface area contributed by atoms with E-state index in [9.17, 15) is 15.0 Å². The van der Waals surface area contributed by atoms with E-state index >= 15 is 0 Å². The van der Waals surface area contributed by atoms with Gasteiger partial charge in [0.05, 0.1) is 12.2 Å². The molecule has 1 amide bonds. The molecule has 1 aliphatic heterocycles. The molecule has 1 saturated heterocycles. The Balaban J connectivity index is 1.54. The molecule has 4 atom stereocenters. The number of aliphatic hydroxyl groups excluding tert-OH is 2. The topological polar surface area (TPSA) is 76.6 Å². The number of amides is 1. The first kappa shape index (κ1) is 13.8. The maximum Gasteiger partial charge on any atom is 0.253 e. The fraction of sp³-hybridized carbons (Fsp3) is 0.471. The normalized spacial score (nSPS) is 31.5. The van der Waals surface area contributed by atoms with Gasteiger partial charge < -0.3 is 20.1 Å². The number of hydrogen-bond acceptors (Lipinski definition) is 3. The largest absolute Gasteiger partial charge is 0.390 e. The predicted molar refractivity (Wildman–Crippen MR) is 82.4 cm³/mol. The van der Waals surface area contributed by atoms with Gasteiger partial charge in [-0.25, -0.2) is 0 Å². The van der Waals surface area contributed by atoms with Crippen molar-refractivity contribution in [3.05, 3.63) is 36.0 Å². The Hall–Kier alpha value is -1.85. The lowest BCUT2D eigenvalue weighted by atomic mass is 9.79. The number of carbonyl (C=O) groups is 1. The van der Waals surface area contributed by atoms with Crippen LogP contribution in [0.2, 0.25) is 0 Å². The summed E-state index contributed by atoms with van der Waals surface area (Å²) in [7, 11) is 0. The molecule has 22 heavy (non-hydrogen) atoms. The number of carbonyl (C=O) groups excluding carboxylic acids is 1. The van der Waals surface area contributed by atoms with Crippen LogP contribution in [0.3, 0.4) is 0 Å². The van der Waals surface area contributed by atoms with Crippen LogP contribution in [0.1, 0.15) is 23.2 Å². The van der Waals surface area contributed by atoms with Gasteiger partial charge in [0.1, 0.15) is 0 Å². The van der Waals surface area contributed by atoms with Crippen LogP contribution in [0, 0.1) is 11.8 Å². The van der Waals surface area contributed by atoms with E-state index in [-0.39, 0.29) is 5.91 Å². The van der Waals surface area contributed by atoms with Gasteiger partial charge in [0, 0.05) is 30.4 Å². The second-order valence-electron chi connectivity index (χ2n) is 6.62. The molecule has 2 aliphatic rings. The predicted octanol–water partition coefficient (Wildman–Crippen LogP) is 1.37. The molecule has 3 N–H and O–H groups in total. The Kier molecular flexibility index (Phi) is 3.20. The van der Waals surface area contributed by atoms with Crippen LogP contribution in [0.25, 0.3) is 10.9 Å². The van der Waals surface area contributed by atoms with Crippen LogP contribution >= 0.6 is 0 Å². The Labute approximate surface area is 128 Å². The second-order valence-corrected chi connectivity index (χ2v) is 6.62. The summed E-state index contributed by atoms with van der Waals surface area (Å²) in [6.07, 6.45) is 1.75. The number of nitrogens with one attached hydrogen (secondary N) is 1. The lowest BCUT2D eigenvalue weighted by Crippen LogP contribution is -2.38. The highest BCUT2D eigenvalue weighted by molar-refractivity contribution is 5.98. The molecule has 2 aromatic rings. The first-order chi connectivity index (χ1) is 10.6. The minimum atomic E-state index is -0.647. The van der Waals surface area contributed by atoms with Crippen LogP contribution < -0.4 is 0 Å². The fourth-order valence-corrected chi connectivity index (χ4v) is 3.94. The van der Waals surface area contributed by atoms with Crippen LogP contribution in [0.5, 0.6) is 0 Å². The van der Waals surface area contributed by atoms with Crippen molar-refractivity contribution >= 4 is 16.8 Å². The van der Waals surface area contributed by atoms with E-state index in [0.29, 0.717) is 43.3 Å². The highest BCUT2D eigenvalue weighted by atomic mass is 16.3. The Bertz CT molecular complexity index is 693. The van der Waals surface area contributed by atoms with E-state index in [0.717, 1.165) is 10.9 Å². The summed E-state index contributed by atoms with van der Waals surface area (Å²) >= 11 is 0. The molecule has 0 spiro atoms. The van der Waals surface area contributed by atoms with Crippen LogP contribution in [0.15, 0.2) is 30.5 Å². The first-order valence-corrected chi connectivity index (χ1v) is 7.84. The number of fused-ring (bicyclic) bond motifs is 2. The smallest absolute Gasteiger partial charge is 0.253 e. The summed E-state index contributed by atoms with van der Waals surface area (Å²) in [5.74, 6) is 0.642. The van der Waals surface area contributed by atoms with Crippen molar-refractivity contribution in [2.45, 2.75) is 25.0 Å². The third-order valence-electron chi connectivity index (χ3n) is 5.20. The third-order valence-corrected chi connectivity index (χ3v) is 5.20. The fourth-order valence-electron chi connectivity index (χ4n) is 3.94. The molecule has 2 fully saturated rings. The highest BCUT2D eigenvalue weighted by Gasteiger charge is 2.42. The Morgan fingerprint density at radius 3 is 2.45 bits per heavy atom. The summed E-state index contributed by atoms with van der Waals surface area (Å²) in [5, 5.41) is 20.7. The van der Waals surface area contributed by atoms with Crippen molar-refractivity contribution in [1.29, 1.82) is 0 Å². The molecule has 116 valence electrons.